The lowest BCUT2D eigenvalue weighted by Crippen LogP contribution is -2.51. The number of para-hydroxylation sites is 1. The zero-order chi connectivity index (χ0) is 37.8. The zero-order valence-electron chi connectivity index (χ0n) is 30.7. The fourth-order valence-corrected chi connectivity index (χ4v) is 13.3. The van der Waals surface area contributed by atoms with E-state index in [-0.39, 0.29) is 35.6 Å². The summed E-state index contributed by atoms with van der Waals surface area (Å²) in [6, 6.07) is 29.6. The summed E-state index contributed by atoms with van der Waals surface area (Å²) in [5.41, 5.74) is 3.45. The number of carbonyl (C=O) groups excluding carboxylic acids is 1. The van der Waals surface area contributed by atoms with Gasteiger partial charge in [0, 0.05) is 41.7 Å². The molecule has 1 saturated heterocycles. The van der Waals surface area contributed by atoms with Gasteiger partial charge in [0.15, 0.2) is 5.60 Å². The van der Waals surface area contributed by atoms with Crippen molar-refractivity contribution in [2.24, 2.45) is 5.92 Å². The average Bonchev–Trinajstić information content (AvgIpc) is 3.91. The number of aryl methyl sites for hydroxylation is 1. The second kappa shape index (κ2) is 14.1. The van der Waals surface area contributed by atoms with Gasteiger partial charge in [0.2, 0.25) is 0 Å². The molecule has 11 nitrogen and oxygen atoms in total. The Bertz CT molecular complexity index is 2410. The van der Waals surface area contributed by atoms with Crippen molar-refractivity contribution in [3.8, 4) is 11.4 Å². The van der Waals surface area contributed by atoms with Gasteiger partial charge in [0.1, 0.15) is 5.75 Å². The van der Waals surface area contributed by atoms with Gasteiger partial charge in [-0.15, -0.1) is 5.10 Å². The molecule has 0 bridgehead atoms. The third-order valence-corrected chi connectivity index (χ3v) is 16.3. The van der Waals surface area contributed by atoms with Gasteiger partial charge in [0.25, 0.3) is 11.5 Å². The number of amides is 1. The molecule has 54 heavy (non-hydrogen) atoms. The number of aromatic nitrogens is 5. The molecule has 6 aromatic rings. The van der Waals surface area contributed by atoms with Gasteiger partial charge >= 0.3 is 0 Å². The highest BCUT2D eigenvalue weighted by atomic mass is 79.9. The Morgan fingerprint density at radius 3 is 2.57 bits per heavy atom. The largest absolute Gasteiger partial charge is 0.497 e. The van der Waals surface area contributed by atoms with E-state index in [1.165, 1.54) is 5.19 Å². The number of ether oxygens (including phenoxy) is 2. The first-order valence-electron chi connectivity index (χ1n) is 18.3. The maximum absolute atomic E-state index is 15.3. The second-order valence-corrected chi connectivity index (χ2v) is 20.5. The Labute approximate surface area is 322 Å². The summed E-state index contributed by atoms with van der Waals surface area (Å²) < 4.78 is 17.0. The van der Waals surface area contributed by atoms with E-state index in [9.17, 15) is 9.90 Å². The number of hydrogen-bond acceptors (Lipinski definition) is 7. The van der Waals surface area contributed by atoms with E-state index in [1.54, 1.807) is 11.8 Å². The number of anilines is 1. The van der Waals surface area contributed by atoms with Crippen LogP contribution in [0.15, 0.2) is 106 Å². The van der Waals surface area contributed by atoms with Crippen molar-refractivity contribution in [3.63, 3.8) is 0 Å². The molecule has 2 aliphatic rings. The molecule has 1 amide bonds. The highest BCUT2D eigenvalue weighted by Gasteiger charge is 2.66. The number of methoxy groups -OCH3 is 1. The lowest BCUT2D eigenvalue weighted by molar-refractivity contribution is -0.146. The normalized spacial score (nSPS) is 21.0. The zero-order valence-corrected chi connectivity index (χ0v) is 33.3. The maximum Gasteiger partial charge on any atom is 0.279 e. The van der Waals surface area contributed by atoms with Gasteiger partial charge in [0.05, 0.1) is 55.8 Å². The van der Waals surface area contributed by atoms with E-state index in [0.29, 0.717) is 37.0 Å². The highest BCUT2D eigenvalue weighted by molar-refractivity contribution is 9.10. The third-order valence-electron chi connectivity index (χ3n) is 11.5. The van der Waals surface area contributed by atoms with Crippen LogP contribution in [0.4, 0.5) is 5.69 Å². The molecule has 8 rings (SSSR count). The summed E-state index contributed by atoms with van der Waals surface area (Å²) in [4.78, 5) is 30.5. The van der Waals surface area contributed by atoms with Crippen molar-refractivity contribution in [2.75, 3.05) is 18.6 Å². The predicted molar refractivity (Wildman–Crippen MR) is 214 cm³/mol. The number of halogens is 1. The third kappa shape index (κ3) is 6.03. The average molecular weight is 808 g/mol. The van der Waals surface area contributed by atoms with E-state index in [2.05, 4.69) is 63.5 Å². The summed E-state index contributed by atoms with van der Waals surface area (Å²) in [6.45, 7) is 7.79. The van der Waals surface area contributed by atoms with Crippen molar-refractivity contribution >= 4 is 51.7 Å². The number of H-pyrrole nitrogens is 1. The molecule has 0 unspecified atom stereocenters. The van der Waals surface area contributed by atoms with Crippen LogP contribution in [0, 0.1) is 5.92 Å². The van der Waals surface area contributed by atoms with Gasteiger partial charge in [-0.3, -0.25) is 19.4 Å². The van der Waals surface area contributed by atoms with E-state index >= 15 is 4.79 Å². The summed E-state index contributed by atoms with van der Waals surface area (Å²) in [6.07, 6.45) is 2.68. The number of aliphatic hydroxyl groups is 1. The lowest BCUT2D eigenvalue weighted by Gasteiger charge is -2.37. The monoisotopic (exact) mass is 806 g/mol. The number of hydrogen-bond donors (Lipinski definition) is 2. The molecule has 13 heteroatoms. The Morgan fingerprint density at radius 2 is 1.81 bits per heavy atom. The molecule has 2 aliphatic heterocycles. The lowest BCUT2D eigenvalue weighted by atomic mass is 9.82. The quantitative estimate of drug-likeness (QED) is 0.152. The van der Waals surface area contributed by atoms with E-state index in [0.717, 1.165) is 38.2 Å². The second-order valence-electron chi connectivity index (χ2n) is 14.9. The molecule has 278 valence electrons. The molecular weight excluding hydrogens is 764 g/mol. The summed E-state index contributed by atoms with van der Waals surface area (Å²) in [7, 11) is -0.678. The van der Waals surface area contributed by atoms with Gasteiger partial charge in [-0.2, -0.15) is 0 Å². The number of rotatable bonds is 11. The van der Waals surface area contributed by atoms with Crippen molar-refractivity contribution in [1.82, 2.24) is 24.8 Å². The number of aliphatic hydroxyl groups excluding tert-OH is 1. The van der Waals surface area contributed by atoms with Crippen LogP contribution in [0.5, 0.6) is 5.75 Å². The topological polar surface area (TPSA) is 127 Å². The number of nitrogens with one attached hydrogen (secondary N) is 1. The van der Waals surface area contributed by atoms with E-state index in [4.69, 9.17) is 9.47 Å². The number of aromatic amines is 1. The highest BCUT2D eigenvalue weighted by Crippen LogP contribution is 2.60. The van der Waals surface area contributed by atoms with Gasteiger partial charge < -0.3 is 19.5 Å². The van der Waals surface area contributed by atoms with Crippen LogP contribution >= 0.6 is 15.9 Å². The fourth-order valence-electron chi connectivity index (χ4n) is 8.87. The standard InChI is InChI=1S/C41H43BrN6O5Si/c1-26-38(54(3,4)32-15-13-31(52-2)14-16-32)37(18-20-46-25-29(19-21-49)43-45-46)53-41(26)34-23-28(42)12-17-36(34)47(40(41)51)24-27-8-7-9-30(22-27)48-39(50)33-10-5-6-11-35(33)44-48/h5-17,22-23,25-26,37-38,44,49H,18-21,24H2,1-4H3/t26-,37+,38-,41+/m1/s1. The molecule has 4 aromatic carbocycles. The van der Waals surface area contributed by atoms with Crippen LogP contribution in [0.25, 0.3) is 16.6 Å². The van der Waals surface area contributed by atoms with Crippen molar-refractivity contribution in [1.29, 1.82) is 0 Å². The summed E-state index contributed by atoms with van der Waals surface area (Å²) in [5, 5.41) is 23.1. The Morgan fingerprint density at radius 1 is 1.02 bits per heavy atom. The molecule has 1 fully saturated rings. The number of benzene rings is 4. The summed E-state index contributed by atoms with van der Waals surface area (Å²) in [5.74, 6) is 0.541. The van der Waals surface area contributed by atoms with Crippen LogP contribution in [0.1, 0.15) is 30.2 Å². The van der Waals surface area contributed by atoms with Gasteiger partial charge in [-0.25, -0.2) is 4.68 Å². The minimum atomic E-state index is -2.35. The minimum Gasteiger partial charge on any atom is -0.497 e. The Balaban J connectivity index is 1.17. The summed E-state index contributed by atoms with van der Waals surface area (Å²) >= 11 is 3.71. The van der Waals surface area contributed by atoms with Crippen LogP contribution in [0.2, 0.25) is 18.6 Å². The molecule has 0 saturated carbocycles. The van der Waals surface area contributed by atoms with Crippen molar-refractivity contribution in [2.45, 2.75) is 63.2 Å². The number of nitrogens with zero attached hydrogens (tertiary/aromatic N) is 5. The van der Waals surface area contributed by atoms with Gasteiger partial charge in [-0.1, -0.05) is 82.7 Å². The molecule has 4 atom stereocenters. The molecule has 2 aromatic heterocycles. The van der Waals surface area contributed by atoms with Crippen molar-refractivity contribution < 1.29 is 19.4 Å². The first kappa shape index (κ1) is 36.2. The molecule has 4 heterocycles. The Kier molecular flexibility index (Phi) is 9.45. The smallest absolute Gasteiger partial charge is 0.279 e. The molecular formula is C41H43BrN6O5Si. The van der Waals surface area contributed by atoms with E-state index in [1.807, 2.05) is 94.6 Å². The maximum atomic E-state index is 15.3. The first-order chi connectivity index (χ1) is 26.0. The Hall–Kier alpha value is -4.82. The van der Waals surface area contributed by atoms with Crippen LogP contribution in [-0.4, -0.2) is 63.7 Å². The van der Waals surface area contributed by atoms with Crippen molar-refractivity contribution in [3.05, 3.63) is 129 Å². The predicted octanol–water partition coefficient (Wildman–Crippen LogP) is 6.07. The van der Waals surface area contributed by atoms with E-state index < -0.39 is 13.7 Å². The molecule has 0 aliphatic carbocycles. The van der Waals surface area contributed by atoms with Gasteiger partial charge in [-0.05, 0) is 72.1 Å². The molecule has 0 radical (unpaired) electrons. The fraction of sp³-hybridized carbons (Fsp3) is 0.317. The van der Waals surface area contributed by atoms with Crippen LogP contribution in [0.3, 0.4) is 0 Å². The molecule has 2 N–H and O–H groups in total. The minimum absolute atomic E-state index is 0.00754. The SMILES string of the molecule is COc1ccc([Si](C)(C)[C@H]2[C@H](CCn3cc(CCO)nn3)O[C@@]3(C(=O)N(Cc4cccc(-n5[nH]c6ccccc6c5=O)c4)c4ccc(Br)cc43)[C@@H]2C)cc1. The number of fused-ring (bicyclic) bond motifs is 3. The molecule has 1 spiro atoms. The van der Waals surface area contributed by atoms with Crippen LogP contribution < -0.4 is 20.4 Å². The first-order valence-corrected chi connectivity index (χ1v) is 22.2. The number of carbonyl (C=O) groups is 1. The van der Waals surface area contributed by atoms with Crippen LogP contribution in [-0.2, 0) is 34.6 Å².